The second-order valence-electron chi connectivity index (χ2n) is 4.67. The number of nitrogens with one attached hydrogen (secondary N) is 1. The fourth-order valence-corrected chi connectivity index (χ4v) is 2.58. The maximum atomic E-state index is 9.96. The Labute approximate surface area is 118 Å². The van der Waals surface area contributed by atoms with E-state index in [4.69, 9.17) is 27.2 Å². The number of fused-ring (bicyclic) bond motifs is 1. The Kier molecular flexibility index (Phi) is 3.10. The van der Waals surface area contributed by atoms with Crippen molar-refractivity contribution < 1.29 is 20.1 Å². The van der Waals surface area contributed by atoms with Crippen LogP contribution >= 0.6 is 11.6 Å². The van der Waals surface area contributed by atoms with Crippen LogP contribution in [0.25, 0.3) is 0 Å². The van der Waals surface area contributed by atoms with Gasteiger partial charge in [-0.05, 0) is 0 Å². The zero-order valence-corrected chi connectivity index (χ0v) is 11.0. The molecule has 0 aliphatic carbocycles. The fraction of sp³-hybridized carbons (Fsp3) is 0.600. The molecule has 1 unspecified atom stereocenters. The number of ether oxygens (including phenoxy) is 1. The van der Waals surface area contributed by atoms with Crippen molar-refractivity contribution in [3.8, 4) is 0 Å². The van der Waals surface area contributed by atoms with E-state index in [9.17, 15) is 10.2 Å². The first-order valence-electron chi connectivity index (χ1n) is 5.97. The van der Waals surface area contributed by atoms with Gasteiger partial charge in [0.1, 0.15) is 18.1 Å². The van der Waals surface area contributed by atoms with Gasteiger partial charge in [0.25, 0.3) is 5.18 Å². The molecule has 1 fully saturated rings. The van der Waals surface area contributed by atoms with Crippen LogP contribution in [0.2, 0.25) is 0 Å². The number of hydrogen-bond acceptors (Lipinski definition) is 8. The first-order valence-corrected chi connectivity index (χ1v) is 6.35. The monoisotopic (exact) mass is 303 g/mol. The third-order valence-electron chi connectivity index (χ3n) is 3.30. The highest BCUT2D eigenvalue weighted by atomic mass is 35.5. The molecular formula is C10H14ClN5O4. The van der Waals surface area contributed by atoms with Gasteiger partial charge in [-0.15, -0.1) is 0 Å². The second kappa shape index (κ2) is 4.57. The molecule has 2 aliphatic rings. The van der Waals surface area contributed by atoms with Crippen LogP contribution in [-0.4, -0.2) is 49.6 Å². The molecule has 0 saturated carbocycles. The number of aromatic nitrogens is 2. The first-order chi connectivity index (χ1) is 9.42. The molecule has 2 aliphatic heterocycles. The van der Waals surface area contributed by atoms with Crippen LogP contribution < -0.4 is 11.1 Å². The Morgan fingerprint density at radius 1 is 1.65 bits per heavy atom. The van der Waals surface area contributed by atoms with Crippen molar-refractivity contribution in [3.63, 3.8) is 0 Å². The van der Waals surface area contributed by atoms with Crippen molar-refractivity contribution in [3.05, 3.63) is 12.0 Å². The number of nitrogens with two attached hydrogens (primary N) is 1. The fourth-order valence-electron chi connectivity index (χ4n) is 2.35. The number of nitrogens with zero attached hydrogens (tertiary/aromatic N) is 3. The molecule has 1 aromatic heterocycles. The maximum absolute atomic E-state index is 9.96. The van der Waals surface area contributed by atoms with Crippen molar-refractivity contribution in [2.45, 2.75) is 30.0 Å². The average molecular weight is 304 g/mol. The molecule has 0 spiro atoms. The number of alkyl halides is 1. The number of hydrogen-bond donors (Lipinski definition) is 5. The van der Waals surface area contributed by atoms with E-state index in [0.717, 1.165) is 0 Å². The molecule has 6 N–H and O–H groups in total. The van der Waals surface area contributed by atoms with E-state index in [0.29, 0.717) is 5.82 Å². The molecular weight excluding hydrogens is 290 g/mol. The summed E-state index contributed by atoms with van der Waals surface area (Å²) in [5.41, 5.74) is 5.65. The summed E-state index contributed by atoms with van der Waals surface area (Å²) >= 11 is 5.84. The molecule has 110 valence electrons. The summed E-state index contributed by atoms with van der Waals surface area (Å²) in [4.78, 5) is 7.64. The molecule has 0 radical (unpaired) electrons. The lowest BCUT2D eigenvalue weighted by Crippen LogP contribution is -2.35. The number of rotatable bonds is 2. The quantitative estimate of drug-likeness (QED) is 0.335. The van der Waals surface area contributed by atoms with Gasteiger partial charge < -0.3 is 31.1 Å². The minimum absolute atomic E-state index is 0.0611. The predicted octanol–water partition coefficient (Wildman–Crippen LogP) is -1.39. The van der Waals surface area contributed by atoms with E-state index in [1.807, 2.05) is 0 Å². The lowest BCUT2D eigenvalue weighted by atomic mass is 10.2. The standard InChI is InChI=1S/C10H14ClN5O4/c11-10(19)7-8(14-9(12)15-10)16(3-13-7)6-1-4(18)5(2-17)20-6/h3-6,17-19H,1-2H2,(H3,12,14,15)/t4-,5+,6+,10?/m0/s1. The minimum atomic E-state index is -2.04. The first kappa shape index (κ1) is 13.6. The predicted molar refractivity (Wildman–Crippen MR) is 68.8 cm³/mol. The van der Waals surface area contributed by atoms with Crippen LogP contribution in [0.3, 0.4) is 0 Å². The molecule has 0 amide bonds. The summed E-state index contributed by atoms with van der Waals surface area (Å²) in [5.74, 6) is 0.278. The summed E-state index contributed by atoms with van der Waals surface area (Å²) in [7, 11) is 0. The van der Waals surface area contributed by atoms with Gasteiger partial charge in [0.15, 0.2) is 11.7 Å². The van der Waals surface area contributed by atoms with E-state index >= 15 is 0 Å². The molecule has 1 saturated heterocycles. The van der Waals surface area contributed by atoms with Crippen LogP contribution in [0.4, 0.5) is 5.82 Å². The zero-order chi connectivity index (χ0) is 14.5. The van der Waals surface area contributed by atoms with Crippen LogP contribution in [0.15, 0.2) is 11.3 Å². The lowest BCUT2D eigenvalue weighted by molar-refractivity contribution is -0.0437. The van der Waals surface area contributed by atoms with Crippen LogP contribution in [0, 0.1) is 0 Å². The van der Waals surface area contributed by atoms with E-state index in [2.05, 4.69) is 15.3 Å². The number of imidazole rings is 1. The Morgan fingerprint density at radius 3 is 3.05 bits per heavy atom. The molecule has 1 aromatic rings. The van der Waals surface area contributed by atoms with Gasteiger partial charge in [-0.2, -0.15) is 4.99 Å². The van der Waals surface area contributed by atoms with Crippen LogP contribution in [0.1, 0.15) is 18.3 Å². The highest BCUT2D eigenvalue weighted by molar-refractivity contribution is 6.24. The topological polar surface area (TPSA) is 138 Å². The third-order valence-corrected chi connectivity index (χ3v) is 3.57. The maximum Gasteiger partial charge on any atom is 0.285 e. The van der Waals surface area contributed by atoms with Crippen molar-refractivity contribution in [1.29, 1.82) is 0 Å². The van der Waals surface area contributed by atoms with Gasteiger partial charge >= 0.3 is 0 Å². The van der Waals surface area contributed by atoms with Gasteiger partial charge in [0.05, 0.1) is 19.0 Å². The molecule has 3 heterocycles. The van der Waals surface area contributed by atoms with E-state index < -0.39 is 23.6 Å². The number of halogens is 1. The van der Waals surface area contributed by atoms with Gasteiger partial charge in [-0.1, -0.05) is 11.6 Å². The smallest absolute Gasteiger partial charge is 0.285 e. The van der Waals surface area contributed by atoms with Crippen molar-refractivity contribution in [2.24, 2.45) is 10.7 Å². The van der Waals surface area contributed by atoms with Gasteiger partial charge in [0, 0.05) is 6.42 Å². The summed E-state index contributed by atoms with van der Waals surface area (Å²) in [6.45, 7) is -0.287. The zero-order valence-electron chi connectivity index (χ0n) is 10.3. The van der Waals surface area contributed by atoms with E-state index in [1.54, 1.807) is 4.57 Å². The highest BCUT2D eigenvalue weighted by Gasteiger charge is 2.41. The van der Waals surface area contributed by atoms with Crippen molar-refractivity contribution >= 4 is 23.4 Å². The molecule has 9 nitrogen and oxygen atoms in total. The van der Waals surface area contributed by atoms with Gasteiger partial charge in [-0.3, -0.25) is 4.57 Å². The molecule has 3 rings (SSSR count). The number of aliphatic imine (C=N–C) groups is 1. The molecule has 0 bridgehead atoms. The lowest BCUT2D eigenvalue weighted by Gasteiger charge is -2.24. The van der Waals surface area contributed by atoms with E-state index in [-0.39, 0.29) is 24.7 Å². The number of anilines is 1. The Hall–Kier alpha value is -1.39. The minimum Gasteiger partial charge on any atom is -0.394 e. The molecule has 10 heteroatoms. The Bertz CT molecular complexity index is 560. The average Bonchev–Trinajstić information content (AvgIpc) is 2.91. The third kappa shape index (κ3) is 2.03. The van der Waals surface area contributed by atoms with Crippen molar-refractivity contribution in [2.75, 3.05) is 11.9 Å². The number of aliphatic hydroxyl groups is 3. The highest BCUT2D eigenvalue weighted by Crippen LogP contribution is 2.39. The summed E-state index contributed by atoms with van der Waals surface area (Å²) in [6.07, 6.45) is -0.330. The largest absolute Gasteiger partial charge is 0.394 e. The molecule has 20 heavy (non-hydrogen) atoms. The summed E-state index contributed by atoms with van der Waals surface area (Å²) in [5, 5.41) is 29.5. The van der Waals surface area contributed by atoms with Crippen LogP contribution in [-0.2, 0) is 9.92 Å². The van der Waals surface area contributed by atoms with Crippen molar-refractivity contribution in [1.82, 2.24) is 9.55 Å². The van der Waals surface area contributed by atoms with Gasteiger partial charge in [-0.25, -0.2) is 4.98 Å². The molecule has 4 atom stereocenters. The Morgan fingerprint density at radius 2 is 2.40 bits per heavy atom. The van der Waals surface area contributed by atoms with Crippen LogP contribution in [0.5, 0.6) is 0 Å². The normalized spacial score (nSPS) is 36.4. The van der Waals surface area contributed by atoms with Gasteiger partial charge in [0.2, 0.25) is 0 Å². The summed E-state index contributed by atoms with van der Waals surface area (Å²) in [6, 6.07) is 0. The summed E-state index contributed by atoms with van der Waals surface area (Å²) < 4.78 is 7.06. The molecule has 0 aromatic carbocycles. The Balaban J connectivity index is 1.94. The number of aliphatic hydroxyl groups excluding tert-OH is 2. The second-order valence-corrected chi connectivity index (χ2v) is 5.20. The number of guanidine groups is 1. The SMILES string of the molecule is NC1=NC(O)(Cl)c2ncn([C@H]3C[C@H](O)[C@@H](CO)O3)c2N1. The van der Waals surface area contributed by atoms with E-state index in [1.165, 1.54) is 6.33 Å².